The van der Waals surface area contributed by atoms with Crippen LogP contribution in [0, 0.1) is 25.7 Å². The number of anilines is 1. The van der Waals surface area contributed by atoms with Crippen LogP contribution in [0.25, 0.3) is 0 Å². The van der Waals surface area contributed by atoms with Gasteiger partial charge in [-0.25, -0.2) is 0 Å². The molecule has 5 heteroatoms. The molecule has 0 radical (unpaired) electrons. The Hall–Kier alpha value is -1.36. The van der Waals surface area contributed by atoms with Gasteiger partial charge in [0.2, 0.25) is 11.8 Å². The van der Waals surface area contributed by atoms with Gasteiger partial charge in [0.15, 0.2) is 0 Å². The van der Waals surface area contributed by atoms with Crippen LogP contribution in [0.2, 0.25) is 0 Å². The lowest BCUT2D eigenvalue weighted by atomic mass is 9.88. The molecule has 0 saturated carbocycles. The van der Waals surface area contributed by atoms with Crippen molar-refractivity contribution in [2.24, 2.45) is 17.6 Å². The first kappa shape index (κ1) is 15.7. The van der Waals surface area contributed by atoms with E-state index in [0.29, 0.717) is 30.7 Å². The molecule has 0 saturated heterocycles. The van der Waals surface area contributed by atoms with Gasteiger partial charge in [-0.2, -0.15) is 0 Å². The molecule has 108 valence electrons. The van der Waals surface area contributed by atoms with Crippen molar-refractivity contribution in [1.29, 1.82) is 0 Å². The molecule has 1 aromatic rings. The second kappa shape index (κ2) is 7.28. The number of amides is 1. The van der Waals surface area contributed by atoms with E-state index in [4.69, 9.17) is 10.3 Å². The number of nitrogens with one attached hydrogen (secondary N) is 1. The van der Waals surface area contributed by atoms with E-state index in [9.17, 15) is 4.79 Å². The lowest BCUT2D eigenvalue weighted by Crippen LogP contribution is -2.18. The molecule has 1 amide bonds. The van der Waals surface area contributed by atoms with Gasteiger partial charge in [-0.1, -0.05) is 19.0 Å². The topological polar surface area (TPSA) is 81.2 Å². The van der Waals surface area contributed by atoms with Crippen LogP contribution in [0.4, 0.5) is 5.88 Å². The molecular formula is C14H25N3O2. The van der Waals surface area contributed by atoms with E-state index in [1.165, 1.54) is 0 Å². The minimum atomic E-state index is -0.0260. The van der Waals surface area contributed by atoms with Crippen LogP contribution >= 0.6 is 0 Å². The number of carbonyl (C=O) groups is 1. The van der Waals surface area contributed by atoms with E-state index in [2.05, 4.69) is 24.3 Å². The predicted octanol–water partition coefficient (Wildman–Crippen LogP) is 2.63. The zero-order valence-corrected chi connectivity index (χ0v) is 12.3. The third kappa shape index (κ3) is 4.67. The van der Waals surface area contributed by atoms with Crippen LogP contribution in [0.3, 0.4) is 0 Å². The largest absolute Gasteiger partial charge is 0.338 e. The normalized spacial score (nSPS) is 12.7. The molecule has 0 aromatic carbocycles. The monoisotopic (exact) mass is 267 g/mol. The number of aryl methyl sites for hydroxylation is 1. The number of rotatable bonds is 7. The molecule has 1 atom stereocenters. The van der Waals surface area contributed by atoms with Crippen LogP contribution < -0.4 is 11.1 Å². The van der Waals surface area contributed by atoms with Crippen LogP contribution in [-0.4, -0.2) is 17.6 Å². The van der Waals surface area contributed by atoms with Gasteiger partial charge in [0, 0.05) is 12.0 Å². The highest BCUT2D eigenvalue weighted by atomic mass is 16.5. The summed E-state index contributed by atoms with van der Waals surface area (Å²) < 4.78 is 5.07. The van der Waals surface area contributed by atoms with E-state index >= 15 is 0 Å². The Labute approximate surface area is 114 Å². The van der Waals surface area contributed by atoms with E-state index in [1.54, 1.807) is 0 Å². The third-order valence-electron chi connectivity index (χ3n) is 3.63. The summed E-state index contributed by atoms with van der Waals surface area (Å²) in [5, 5.41) is 6.58. The van der Waals surface area contributed by atoms with E-state index in [-0.39, 0.29) is 5.91 Å². The molecule has 3 N–H and O–H groups in total. The maximum atomic E-state index is 11.9. The SMILES string of the molecule is Cc1noc(NC(=O)CCC(CCN)C(C)C)c1C. The molecule has 1 unspecified atom stereocenters. The molecule has 1 rings (SSSR count). The molecule has 0 aliphatic heterocycles. The van der Waals surface area contributed by atoms with Gasteiger partial charge in [-0.05, 0) is 45.1 Å². The van der Waals surface area contributed by atoms with Crippen LogP contribution in [-0.2, 0) is 4.79 Å². The molecule has 1 aromatic heterocycles. The Bertz CT molecular complexity index is 413. The average molecular weight is 267 g/mol. The summed E-state index contributed by atoms with van der Waals surface area (Å²) in [6.07, 6.45) is 2.31. The molecular weight excluding hydrogens is 242 g/mol. The Morgan fingerprint density at radius 3 is 2.53 bits per heavy atom. The zero-order chi connectivity index (χ0) is 14.4. The Morgan fingerprint density at radius 2 is 2.05 bits per heavy atom. The highest BCUT2D eigenvalue weighted by Gasteiger charge is 2.16. The van der Waals surface area contributed by atoms with Crippen molar-refractivity contribution < 1.29 is 9.32 Å². The van der Waals surface area contributed by atoms with Gasteiger partial charge in [0.1, 0.15) is 0 Å². The predicted molar refractivity (Wildman–Crippen MR) is 75.8 cm³/mol. The average Bonchev–Trinajstić information content (AvgIpc) is 2.66. The Morgan fingerprint density at radius 1 is 1.37 bits per heavy atom. The second-order valence-corrected chi connectivity index (χ2v) is 5.39. The number of aromatic nitrogens is 1. The maximum absolute atomic E-state index is 11.9. The van der Waals surface area contributed by atoms with Crippen molar-refractivity contribution >= 4 is 11.8 Å². The quantitative estimate of drug-likeness (QED) is 0.795. The summed E-state index contributed by atoms with van der Waals surface area (Å²) in [6.45, 7) is 8.74. The van der Waals surface area contributed by atoms with Crippen molar-refractivity contribution in [1.82, 2.24) is 5.16 Å². The van der Waals surface area contributed by atoms with E-state index < -0.39 is 0 Å². The van der Waals surface area contributed by atoms with Gasteiger partial charge in [0.25, 0.3) is 0 Å². The lowest BCUT2D eigenvalue weighted by molar-refractivity contribution is -0.116. The first-order valence-electron chi connectivity index (χ1n) is 6.88. The summed E-state index contributed by atoms with van der Waals surface area (Å²) >= 11 is 0. The standard InChI is InChI=1S/C14H25N3O2/c1-9(2)12(7-8-15)5-6-13(18)16-14-10(3)11(4)17-19-14/h9,12H,5-8,15H2,1-4H3,(H,16,18). The van der Waals surface area contributed by atoms with Crippen molar-refractivity contribution in [2.45, 2.75) is 47.0 Å². The zero-order valence-electron chi connectivity index (χ0n) is 12.3. The Balaban J connectivity index is 2.45. The second-order valence-electron chi connectivity index (χ2n) is 5.39. The molecule has 0 spiro atoms. The van der Waals surface area contributed by atoms with Gasteiger partial charge < -0.3 is 10.3 Å². The molecule has 0 aliphatic carbocycles. The minimum absolute atomic E-state index is 0.0260. The number of hydrogen-bond acceptors (Lipinski definition) is 4. The third-order valence-corrected chi connectivity index (χ3v) is 3.63. The number of carbonyl (C=O) groups excluding carboxylic acids is 1. The van der Waals surface area contributed by atoms with Crippen molar-refractivity contribution in [3.8, 4) is 0 Å². The lowest BCUT2D eigenvalue weighted by Gasteiger charge is -2.19. The summed E-state index contributed by atoms with van der Waals surface area (Å²) in [7, 11) is 0. The van der Waals surface area contributed by atoms with Crippen LogP contribution in [0.15, 0.2) is 4.52 Å². The van der Waals surface area contributed by atoms with Gasteiger partial charge in [0.05, 0.1) is 5.69 Å². The first-order chi connectivity index (χ1) is 8.95. The maximum Gasteiger partial charge on any atom is 0.234 e. The Kier molecular flexibility index (Phi) is 6.02. The van der Waals surface area contributed by atoms with E-state index in [0.717, 1.165) is 24.1 Å². The molecule has 0 aliphatic rings. The van der Waals surface area contributed by atoms with Crippen molar-refractivity contribution in [3.05, 3.63) is 11.3 Å². The van der Waals surface area contributed by atoms with Crippen LogP contribution in [0.5, 0.6) is 0 Å². The molecule has 19 heavy (non-hydrogen) atoms. The molecule has 0 bridgehead atoms. The smallest absolute Gasteiger partial charge is 0.234 e. The highest BCUT2D eigenvalue weighted by molar-refractivity contribution is 5.89. The molecule has 1 heterocycles. The summed E-state index contributed by atoms with van der Waals surface area (Å²) in [6, 6.07) is 0. The van der Waals surface area contributed by atoms with Crippen molar-refractivity contribution in [3.63, 3.8) is 0 Å². The summed E-state index contributed by atoms with van der Waals surface area (Å²) in [5.41, 5.74) is 7.29. The summed E-state index contributed by atoms with van der Waals surface area (Å²) in [5.74, 6) is 1.48. The number of nitrogens with zero attached hydrogens (tertiary/aromatic N) is 1. The fourth-order valence-electron chi connectivity index (χ4n) is 2.06. The highest BCUT2D eigenvalue weighted by Crippen LogP contribution is 2.22. The van der Waals surface area contributed by atoms with Crippen LogP contribution in [0.1, 0.15) is 44.4 Å². The molecule has 5 nitrogen and oxygen atoms in total. The minimum Gasteiger partial charge on any atom is -0.338 e. The fourth-order valence-corrected chi connectivity index (χ4v) is 2.06. The number of hydrogen-bond donors (Lipinski definition) is 2. The van der Waals surface area contributed by atoms with E-state index in [1.807, 2.05) is 13.8 Å². The summed E-state index contributed by atoms with van der Waals surface area (Å²) in [4.78, 5) is 11.9. The first-order valence-corrected chi connectivity index (χ1v) is 6.88. The van der Waals surface area contributed by atoms with Gasteiger partial charge in [-0.15, -0.1) is 0 Å². The van der Waals surface area contributed by atoms with Gasteiger partial charge in [-0.3, -0.25) is 10.1 Å². The van der Waals surface area contributed by atoms with Crippen molar-refractivity contribution in [2.75, 3.05) is 11.9 Å². The molecule has 0 fully saturated rings. The number of nitrogens with two attached hydrogens (primary N) is 1. The fraction of sp³-hybridized carbons (Fsp3) is 0.714. The van der Waals surface area contributed by atoms with Gasteiger partial charge >= 0.3 is 0 Å².